The summed E-state index contributed by atoms with van der Waals surface area (Å²) < 4.78 is 24.2. The number of ether oxygens (including phenoxy) is 2. The van der Waals surface area contributed by atoms with Crippen molar-refractivity contribution in [3.05, 3.63) is 65.5 Å². The Bertz CT molecular complexity index is 692. The van der Waals surface area contributed by atoms with Crippen LogP contribution < -0.4 is 9.47 Å². The van der Waals surface area contributed by atoms with E-state index in [1.807, 2.05) is 31.2 Å². The van der Waals surface area contributed by atoms with Crippen molar-refractivity contribution in [3.8, 4) is 11.5 Å². The predicted molar refractivity (Wildman–Crippen MR) is 83.9 cm³/mol. The maximum atomic E-state index is 13.9. The van der Waals surface area contributed by atoms with Crippen LogP contribution in [0.2, 0.25) is 0 Å². The van der Waals surface area contributed by atoms with E-state index < -0.39 is 11.6 Å². The van der Waals surface area contributed by atoms with Crippen LogP contribution in [0, 0.1) is 5.82 Å². The Balaban J connectivity index is 2.22. The molecular weight excluding hydrogens is 283 g/mol. The van der Waals surface area contributed by atoms with E-state index in [2.05, 4.69) is 0 Å². The lowest BCUT2D eigenvalue weighted by Gasteiger charge is -2.06. The van der Waals surface area contributed by atoms with Gasteiger partial charge in [0.15, 0.2) is 5.78 Å². The monoisotopic (exact) mass is 300 g/mol. The van der Waals surface area contributed by atoms with Gasteiger partial charge in [-0.25, -0.2) is 4.39 Å². The van der Waals surface area contributed by atoms with Gasteiger partial charge < -0.3 is 9.47 Å². The van der Waals surface area contributed by atoms with Gasteiger partial charge in [-0.3, -0.25) is 4.79 Å². The van der Waals surface area contributed by atoms with Crippen molar-refractivity contribution < 1.29 is 18.7 Å². The minimum Gasteiger partial charge on any atom is -0.497 e. The molecule has 2 rings (SSSR count). The first-order chi connectivity index (χ1) is 10.7. The Kier molecular flexibility index (Phi) is 5.31. The highest BCUT2D eigenvalue weighted by molar-refractivity contribution is 6.07. The summed E-state index contributed by atoms with van der Waals surface area (Å²) in [5.41, 5.74) is 0.776. The molecule has 0 spiro atoms. The normalized spacial score (nSPS) is 10.7. The number of carbonyl (C=O) groups excluding carboxylic acids is 1. The van der Waals surface area contributed by atoms with Gasteiger partial charge in [-0.1, -0.05) is 18.2 Å². The van der Waals surface area contributed by atoms with Gasteiger partial charge in [0.2, 0.25) is 0 Å². The topological polar surface area (TPSA) is 35.5 Å². The van der Waals surface area contributed by atoms with E-state index in [1.165, 1.54) is 25.3 Å². The number of hydrogen-bond acceptors (Lipinski definition) is 3. The van der Waals surface area contributed by atoms with E-state index in [0.717, 1.165) is 5.56 Å². The first kappa shape index (κ1) is 15.8. The third-order valence-electron chi connectivity index (χ3n) is 3.07. The lowest BCUT2D eigenvalue weighted by molar-refractivity contribution is 0.104. The lowest BCUT2D eigenvalue weighted by atomic mass is 10.1. The maximum absolute atomic E-state index is 13.9. The number of allylic oxidation sites excluding steroid dienone is 1. The summed E-state index contributed by atoms with van der Waals surface area (Å²) in [4.78, 5) is 12.1. The molecule has 0 atom stereocenters. The minimum absolute atomic E-state index is 0.00550. The molecule has 0 fully saturated rings. The highest BCUT2D eigenvalue weighted by atomic mass is 19.1. The van der Waals surface area contributed by atoms with E-state index in [4.69, 9.17) is 9.47 Å². The molecule has 0 aromatic heterocycles. The van der Waals surface area contributed by atoms with E-state index in [0.29, 0.717) is 18.1 Å². The fourth-order valence-corrected chi connectivity index (χ4v) is 1.98. The molecule has 0 aliphatic heterocycles. The van der Waals surface area contributed by atoms with Crippen LogP contribution >= 0.6 is 0 Å². The molecule has 0 aliphatic carbocycles. The Morgan fingerprint density at radius 1 is 1.23 bits per heavy atom. The summed E-state index contributed by atoms with van der Waals surface area (Å²) >= 11 is 0. The summed E-state index contributed by atoms with van der Waals surface area (Å²) in [6, 6.07) is 11.5. The summed E-state index contributed by atoms with van der Waals surface area (Å²) in [5, 5.41) is 0. The standard InChI is InChI=1S/C18H17FO3/c1-3-22-18-7-5-4-6-13(18)8-11-17(20)15-10-9-14(21-2)12-16(15)19/h4-12H,3H2,1-2H3/b11-8+. The zero-order valence-corrected chi connectivity index (χ0v) is 12.5. The number of para-hydroxylation sites is 1. The van der Waals surface area contributed by atoms with Gasteiger partial charge in [0.1, 0.15) is 17.3 Å². The van der Waals surface area contributed by atoms with Crippen LogP contribution in [-0.4, -0.2) is 19.5 Å². The quantitative estimate of drug-likeness (QED) is 0.594. The van der Waals surface area contributed by atoms with Crippen molar-refractivity contribution in [1.29, 1.82) is 0 Å². The molecule has 22 heavy (non-hydrogen) atoms. The average molecular weight is 300 g/mol. The number of rotatable bonds is 6. The van der Waals surface area contributed by atoms with Crippen molar-refractivity contribution in [2.45, 2.75) is 6.92 Å². The molecule has 0 radical (unpaired) electrons. The second kappa shape index (κ2) is 7.41. The van der Waals surface area contributed by atoms with Crippen LogP contribution in [0.1, 0.15) is 22.8 Å². The zero-order valence-electron chi connectivity index (χ0n) is 12.5. The summed E-state index contributed by atoms with van der Waals surface area (Å²) in [7, 11) is 1.45. The SMILES string of the molecule is CCOc1ccccc1/C=C/C(=O)c1ccc(OC)cc1F. The summed E-state index contributed by atoms with van der Waals surface area (Å²) in [6.45, 7) is 2.42. The number of hydrogen-bond donors (Lipinski definition) is 0. The van der Waals surface area contributed by atoms with Gasteiger partial charge in [0.25, 0.3) is 0 Å². The van der Waals surface area contributed by atoms with E-state index >= 15 is 0 Å². The number of methoxy groups -OCH3 is 1. The van der Waals surface area contributed by atoms with Crippen LogP contribution in [0.25, 0.3) is 6.08 Å². The molecule has 0 saturated carbocycles. The third-order valence-corrected chi connectivity index (χ3v) is 3.07. The molecule has 4 heteroatoms. The third kappa shape index (κ3) is 3.73. The highest BCUT2D eigenvalue weighted by Gasteiger charge is 2.10. The van der Waals surface area contributed by atoms with E-state index in [9.17, 15) is 9.18 Å². The molecular formula is C18H17FO3. The molecule has 114 valence electrons. The minimum atomic E-state index is -0.605. The first-order valence-electron chi connectivity index (χ1n) is 6.93. The average Bonchev–Trinajstić information content (AvgIpc) is 2.54. The smallest absolute Gasteiger partial charge is 0.188 e. The fourth-order valence-electron chi connectivity index (χ4n) is 1.98. The predicted octanol–water partition coefficient (Wildman–Crippen LogP) is 4.13. The number of carbonyl (C=O) groups is 1. The molecule has 2 aromatic carbocycles. The van der Waals surface area contributed by atoms with Gasteiger partial charge in [-0.15, -0.1) is 0 Å². The Labute approximate surface area is 129 Å². The molecule has 0 heterocycles. The molecule has 0 unspecified atom stereocenters. The summed E-state index contributed by atoms with van der Waals surface area (Å²) in [5.74, 6) is 0.0440. The van der Waals surface area contributed by atoms with Crippen molar-refractivity contribution in [3.63, 3.8) is 0 Å². The summed E-state index contributed by atoms with van der Waals surface area (Å²) in [6.07, 6.45) is 2.96. The largest absolute Gasteiger partial charge is 0.497 e. The van der Waals surface area contributed by atoms with Crippen LogP contribution in [0.5, 0.6) is 11.5 Å². The van der Waals surface area contributed by atoms with Crippen molar-refractivity contribution in [2.75, 3.05) is 13.7 Å². The van der Waals surface area contributed by atoms with Gasteiger partial charge in [-0.05, 0) is 37.3 Å². The molecule has 0 N–H and O–H groups in total. The molecule has 3 nitrogen and oxygen atoms in total. The van der Waals surface area contributed by atoms with Crippen molar-refractivity contribution in [2.24, 2.45) is 0 Å². The van der Waals surface area contributed by atoms with Gasteiger partial charge in [-0.2, -0.15) is 0 Å². The van der Waals surface area contributed by atoms with Gasteiger partial charge in [0, 0.05) is 11.6 Å². The van der Waals surface area contributed by atoms with Gasteiger partial charge in [0.05, 0.1) is 19.3 Å². The van der Waals surface area contributed by atoms with Crippen molar-refractivity contribution >= 4 is 11.9 Å². The van der Waals surface area contributed by atoms with Crippen LogP contribution in [0.4, 0.5) is 4.39 Å². The fraction of sp³-hybridized carbons (Fsp3) is 0.167. The first-order valence-corrected chi connectivity index (χ1v) is 6.93. The lowest BCUT2D eigenvalue weighted by Crippen LogP contribution is -1.99. The maximum Gasteiger partial charge on any atom is 0.188 e. The van der Waals surface area contributed by atoms with E-state index in [1.54, 1.807) is 12.1 Å². The zero-order chi connectivity index (χ0) is 15.9. The molecule has 0 saturated heterocycles. The van der Waals surface area contributed by atoms with Crippen LogP contribution in [0.15, 0.2) is 48.5 Å². The van der Waals surface area contributed by atoms with Crippen LogP contribution in [0.3, 0.4) is 0 Å². The second-order valence-corrected chi connectivity index (χ2v) is 4.51. The van der Waals surface area contributed by atoms with Crippen LogP contribution in [-0.2, 0) is 0 Å². The Morgan fingerprint density at radius 3 is 2.68 bits per heavy atom. The highest BCUT2D eigenvalue weighted by Crippen LogP contribution is 2.21. The second-order valence-electron chi connectivity index (χ2n) is 4.51. The number of halogens is 1. The molecule has 0 aliphatic rings. The molecule has 2 aromatic rings. The molecule has 0 bridgehead atoms. The van der Waals surface area contributed by atoms with Crippen molar-refractivity contribution in [1.82, 2.24) is 0 Å². The van der Waals surface area contributed by atoms with Gasteiger partial charge >= 0.3 is 0 Å². The van der Waals surface area contributed by atoms with E-state index in [-0.39, 0.29) is 5.56 Å². The molecule has 0 amide bonds. The Hall–Kier alpha value is -2.62. The number of benzene rings is 2. The number of ketones is 1. The Morgan fingerprint density at radius 2 is 2.00 bits per heavy atom.